The van der Waals surface area contributed by atoms with Crippen molar-refractivity contribution in [3.63, 3.8) is 0 Å². The first-order chi connectivity index (χ1) is 4.79. The number of allylic oxidation sites excluding steroid dienone is 2. The van der Waals surface area contributed by atoms with Crippen molar-refractivity contribution in [3.8, 4) is 49.4 Å². The third-order valence-electron chi connectivity index (χ3n) is 0.827. The predicted octanol–water partition coefficient (Wildman–Crippen LogP) is 0.816. The molecule has 0 rings (SSSR count). The molecule has 0 aromatic heterocycles. The number of terminal acetylenes is 4. The first kappa shape index (κ1) is 7.98. The SMILES string of the molecule is C#CC(C#C)=C(C#C)C#C. The molecule has 0 saturated carbocycles. The lowest BCUT2D eigenvalue weighted by atomic mass is 10.1. The van der Waals surface area contributed by atoms with E-state index in [-0.39, 0.29) is 11.1 Å². The maximum atomic E-state index is 4.99. The highest BCUT2D eigenvalue weighted by Crippen LogP contribution is 1.98. The van der Waals surface area contributed by atoms with Gasteiger partial charge in [0, 0.05) is 0 Å². The molecular weight excluding hydrogens is 120 g/mol. The highest BCUT2D eigenvalue weighted by atomic mass is 13.9. The second-order valence-corrected chi connectivity index (χ2v) is 1.33. The third-order valence-corrected chi connectivity index (χ3v) is 0.827. The molecule has 0 bridgehead atoms. The van der Waals surface area contributed by atoms with Crippen LogP contribution in [0.2, 0.25) is 0 Å². The minimum atomic E-state index is 0.255. The molecule has 0 spiro atoms. The lowest BCUT2D eigenvalue weighted by Gasteiger charge is -1.85. The monoisotopic (exact) mass is 124 g/mol. The van der Waals surface area contributed by atoms with Gasteiger partial charge in [-0.05, 0) is 0 Å². The van der Waals surface area contributed by atoms with Gasteiger partial charge < -0.3 is 0 Å². The summed E-state index contributed by atoms with van der Waals surface area (Å²) in [6.07, 6.45) is 20.0. The molecule has 0 radical (unpaired) electrons. The van der Waals surface area contributed by atoms with E-state index in [0.717, 1.165) is 0 Å². The van der Waals surface area contributed by atoms with E-state index in [4.69, 9.17) is 25.7 Å². The summed E-state index contributed by atoms with van der Waals surface area (Å²) in [6.45, 7) is 0. The molecule has 44 valence electrons. The Morgan fingerprint density at radius 2 is 0.800 bits per heavy atom. The molecule has 0 N–H and O–H groups in total. The summed E-state index contributed by atoms with van der Waals surface area (Å²) in [6, 6.07) is 0. The molecule has 0 atom stereocenters. The largest absolute Gasteiger partial charge is 0.114 e. The topological polar surface area (TPSA) is 0 Å². The third kappa shape index (κ3) is 1.49. The summed E-state index contributed by atoms with van der Waals surface area (Å²) in [7, 11) is 0. The van der Waals surface area contributed by atoms with E-state index in [1.54, 1.807) is 0 Å². The maximum Gasteiger partial charge on any atom is 0.0979 e. The number of rotatable bonds is 0. The quantitative estimate of drug-likeness (QED) is 0.419. The highest BCUT2D eigenvalue weighted by molar-refractivity contribution is 5.57. The fourth-order valence-corrected chi connectivity index (χ4v) is 0.372. The molecule has 0 fully saturated rings. The average molecular weight is 124 g/mol. The Morgan fingerprint density at radius 3 is 0.900 bits per heavy atom. The molecule has 10 heavy (non-hydrogen) atoms. The van der Waals surface area contributed by atoms with Crippen LogP contribution in [0.4, 0.5) is 0 Å². The van der Waals surface area contributed by atoms with Crippen LogP contribution in [-0.2, 0) is 0 Å². The van der Waals surface area contributed by atoms with Crippen LogP contribution in [0.5, 0.6) is 0 Å². The van der Waals surface area contributed by atoms with E-state index < -0.39 is 0 Å². The maximum absolute atomic E-state index is 4.99. The van der Waals surface area contributed by atoms with Gasteiger partial charge in [0.2, 0.25) is 0 Å². The van der Waals surface area contributed by atoms with Crippen molar-refractivity contribution in [2.75, 3.05) is 0 Å². The van der Waals surface area contributed by atoms with Gasteiger partial charge in [0.15, 0.2) is 0 Å². The lowest BCUT2D eigenvalue weighted by Crippen LogP contribution is -1.79. The zero-order chi connectivity index (χ0) is 7.98. The van der Waals surface area contributed by atoms with Crippen molar-refractivity contribution in [2.24, 2.45) is 0 Å². The van der Waals surface area contributed by atoms with Crippen LogP contribution in [0, 0.1) is 49.4 Å². The Balaban J connectivity index is 5.12. The Kier molecular flexibility index (Phi) is 3.13. The lowest BCUT2D eigenvalue weighted by molar-refractivity contribution is 1.78. The van der Waals surface area contributed by atoms with Crippen molar-refractivity contribution in [3.05, 3.63) is 11.1 Å². The van der Waals surface area contributed by atoms with Crippen LogP contribution in [-0.4, -0.2) is 0 Å². The van der Waals surface area contributed by atoms with Gasteiger partial charge in [-0.3, -0.25) is 0 Å². The van der Waals surface area contributed by atoms with Crippen LogP contribution >= 0.6 is 0 Å². The van der Waals surface area contributed by atoms with Gasteiger partial charge in [-0.15, -0.1) is 25.7 Å². The standard InChI is InChI=1S/C10H4/c1-5-9(6-2)10(7-3)8-4/h1-4H. The van der Waals surface area contributed by atoms with Crippen molar-refractivity contribution < 1.29 is 0 Å². The molecule has 0 aromatic carbocycles. The molecule has 0 heteroatoms. The summed E-state index contributed by atoms with van der Waals surface area (Å²) in [5.41, 5.74) is 0.509. The molecule has 0 aliphatic rings. The molecule has 0 amide bonds. The van der Waals surface area contributed by atoms with E-state index in [9.17, 15) is 0 Å². The average Bonchev–Trinajstić information content (AvgIpc) is 2.00. The first-order valence-corrected chi connectivity index (χ1v) is 2.40. The Bertz CT molecular complexity index is 247. The van der Waals surface area contributed by atoms with Gasteiger partial charge in [0.05, 0.1) is 11.1 Å². The highest BCUT2D eigenvalue weighted by Gasteiger charge is 1.92. The van der Waals surface area contributed by atoms with Crippen molar-refractivity contribution in [2.45, 2.75) is 0 Å². The van der Waals surface area contributed by atoms with Crippen LogP contribution < -0.4 is 0 Å². The van der Waals surface area contributed by atoms with Crippen LogP contribution in [0.1, 0.15) is 0 Å². The molecule has 0 unspecified atom stereocenters. The molecule has 0 nitrogen and oxygen atoms in total. The molecule has 0 saturated heterocycles. The predicted molar refractivity (Wildman–Crippen MR) is 42.4 cm³/mol. The Morgan fingerprint density at radius 1 is 0.600 bits per heavy atom. The minimum Gasteiger partial charge on any atom is -0.114 e. The molecule has 0 aromatic rings. The summed E-state index contributed by atoms with van der Waals surface area (Å²) in [4.78, 5) is 0. The van der Waals surface area contributed by atoms with Crippen molar-refractivity contribution in [1.29, 1.82) is 0 Å². The van der Waals surface area contributed by atoms with Gasteiger partial charge in [-0.2, -0.15) is 0 Å². The Labute approximate surface area is 61.3 Å². The van der Waals surface area contributed by atoms with Gasteiger partial charge in [-0.1, -0.05) is 23.7 Å². The second kappa shape index (κ2) is 3.92. The first-order valence-electron chi connectivity index (χ1n) is 2.40. The summed E-state index contributed by atoms with van der Waals surface area (Å²) in [5.74, 6) is 8.85. The molecule has 0 heterocycles. The number of hydrogen-bond donors (Lipinski definition) is 0. The molecule has 0 aliphatic carbocycles. The van der Waals surface area contributed by atoms with E-state index in [2.05, 4.69) is 23.7 Å². The van der Waals surface area contributed by atoms with Crippen molar-refractivity contribution in [1.82, 2.24) is 0 Å². The number of hydrogen-bond acceptors (Lipinski definition) is 0. The van der Waals surface area contributed by atoms with Gasteiger partial charge in [0.25, 0.3) is 0 Å². The van der Waals surface area contributed by atoms with Crippen LogP contribution in [0.3, 0.4) is 0 Å². The minimum absolute atomic E-state index is 0.255. The van der Waals surface area contributed by atoms with E-state index in [1.807, 2.05) is 0 Å². The summed E-state index contributed by atoms with van der Waals surface area (Å²) >= 11 is 0. The van der Waals surface area contributed by atoms with E-state index in [1.165, 1.54) is 0 Å². The van der Waals surface area contributed by atoms with Gasteiger partial charge >= 0.3 is 0 Å². The van der Waals surface area contributed by atoms with Gasteiger partial charge in [0.1, 0.15) is 0 Å². The summed E-state index contributed by atoms with van der Waals surface area (Å²) in [5, 5.41) is 0. The second-order valence-electron chi connectivity index (χ2n) is 1.33. The van der Waals surface area contributed by atoms with E-state index in [0.29, 0.717) is 0 Å². The zero-order valence-corrected chi connectivity index (χ0v) is 5.31. The van der Waals surface area contributed by atoms with E-state index >= 15 is 0 Å². The normalized spacial score (nSPS) is 5.60. The zero-order valence-electron chi connectivity index (χ0n) is 5.31. The van der Waals surface area contributed by atoms with Crippen molar-refractivity contribution >= 4 is 0 Å². The van der Waals surface area contributed by atoms with Crippen LogP contribution in [0.25, 0.3) is 0 Å². The summed E-state index contributed by atoms with van der Waals surface area (Å²) < 4.78 is 0. The smallest absolute Gasteiger partial charge is 0.0979 e. The fraction of sp³-hybridized carbons (Fsp3) is 0. The Hall–Kier alpha value is -2.02. The molecular formula is C10H4. The van der Waals surface area contributed by atoms with Gasteiger partial charge in [-0.25, -0.2) is 0 Å². The van der Waals surface area contributed by atoms with Crippen LogP contribution in [0.15, 0.2) is 11.1 Å². The fourth-order valence-electron chi connectivity index (χ4n) is 0.372. The molecule has 0 aliphatic heterocycles.